The predicted molar refractivity (Wildman–Crippen MR) is 68.6 cm³/mol. The van der Waals surface area contributed by atoms with Gasteiger partial charge in [-0.25, -0.2) is 4.98 Å². The molecule has 1 unspecified atom stereocenters. The summed E-state index contributed by atoms with van der Waals surface area (Å²) in [5.74, 6) is 0.939. The molecule has 0 spiro atoms. The van der Waals surface area contributed by atoms with E-state index >= 15 is 0 Å². The van der Waals surface area contributed by atoms with Crippen molar-refractivity contribution in [3.8, 4) is 5.88 Å². The van der Waals surface area contributed by atoms with Crippen LogP contribution in [-0.2, 0) is 0 Å². The fourth-order valence-electron chi connectivity index (χ4n) is 1.64. The zero-order valence-corrected chi connectivity index (χ0v) is 11.2. The Morgan fingerprint density at radius 1 is 1.71 bits per heavy atom. The second kappa shape index (κ2) is 5.49. The van der Waals surface area contributed by atoms with E-state index in [9.17, 15) is 4.79 Å². The molecular formula is C12H15BrN2O2. The van der Waals surface area contributed by atoms with Crippen molar-refractivity contribution in [2.24, 2.45) is 5.92 Å². The fourth-order valence-corrected chi connectivity index (χ4v) is 2.33. The monoisotopic (exact) mass is 298 g/mol. The maximum absolute atomic E-state index is 11.9. The summed E-state index contributed by atoms with van der Waals surface area (Å²) in [4.78, 5) is 16.3. The van der Waals surface area contributed by atoms with Gasteiger partial charge in [0.15, 0.2) is 0 Å². The summed E-state index contributed by atoms with van der Waals surface area (Å²) < 4.78 is 5.05. The average molecular weight is 299 g/mol. The van der Waals surface area contributed by atoms with Crippen LogP contribution in [0.25, 0.3) is 0 Å². The quantitative estimate of drug-likeness (QED) is 0.846. The van der Waals surface area contributed by atoms with Gasteiger partial charge in [-0.1, -0.05) is 15.9 Å². The molecule has 1 aromatic rings. The van der Waals surface area contributed by atoms with Gasteiger partial charge in [0.2, 0.25) is 5.88 Å². The molecule has 92 valence electrons. The van der Waals surface area contributed by atoms with Crippen molar-refractivity contribution in [2.45, 2.75) is 17.7 Å². The number of hydrogen-bond acceptors (Lipinski definition) is 3. The Hall–Kier alpha value is -1.10. The summed E-state index contributed by atoms with van der Waals surface area (Å²) in [5, 5.41) is 2.89. The number of pyridine rings is 1. The molecule has 4 nitrogen and oxygen atoms in total. The van der Waals surface area contributed by atoms with Gasteiger partial charge in [0, 0.05) is 17.6 Å². The second-order valence-electron chi connectivity index (χ2n) is 4.12. The van der Waals surface area contributed by atoms with Crippen LogP contribution >= 0.6 is 15.9 Å². The summed E-state index contributed by atoms with van der Waals surface area (Å²) in [6.07, 6.45) is 4.11. The smallest absolute Gasteiger partial charge is 0.256 e. The number of carbonyl (C=O) groups is 1. The number of hydrogen-bond donors (Lipinski definition) is 1. The van der Waals surface area contributed by atoms with Gasteiger partial charge in [-0.15, -0.1) is 0 Å². The maximum Gasteiger partial charge on any atom is 0.256 e. The SMILES string of the molecule is COc1ncccc1C(=O)NCC(Br)C1CC1. The molecule has 0 aromatic carbocycles. The van der Waals surface area contributed by atoms with Crippen molar-refractivity contribution < 1.29 is 9.53 Å². The van der Waals surface area contributed by atoms with Gasteiger partial charge in [0.05, 0.1) is 7.11 Å². The van der Waals surface area contributed by atoms with Gasteiger partial charge in [0.1, 0.15) is 5.56 Å². The molecular weight excluding hydrogens is 284 g/mol. The number of amides is 1. The van der Waals surface area contributed by atoms with Crippen molar-refractivity contribution in [1.82, 2.24) is 10.3 Å². The van der Waals surface area contributed by atoms with Crippen LogP contribution in [-0.4, -0.2) is 29.4 Å². The molecule has 1 fully saturated rings. The number of nitrogens with one attached hydrogen (secondary N) is 1. The Balaban J connectivity index is 1.94. The van der Waals surface area contributed by atoms with Crippen LogP contribution in [0.4, 0.5) is 0 Å². The molecule has 17 heavy (non-hydrogen) atoms. The van der Waals surface area contributed by atoms with Gasteiger partial charge in [-0.2, -0.15) is 0 Å². The summed E-state index contributed by atoms with van der Waals surface area (Å²) in [6, 6.07) is 3.44. The lowest BCUT2D eigenvalue weighted by Gasteiger charge is -2.11. The van der Waals surface area contributed by atoms with Crippen LogP contribution in [0.2, 0.25) is 0 Å². The van der Waals surface area contributed by atoms with Gasteiger partial charge in [-0.05, 0) is 30.9 Å². The number of carbonyl (C=O) groups excluding carboxylic acids is 1. The van der Waals surface area contributed by atoms with Crippen molar-refractivity contribution in [2.75, 3.05) is 13.7 Å². The van der Waals surface area contributed by atoms with Crippen LogP contribution < -0.4 is 10.1 Å². The summed E-state index contributed by atoms with van der Waals surface area (Å²) in [6.45, 7) is 0.640. The number of ether oxygens (including phenoxy) is 1. The molecule has 1 heterocycles. The van der Waals surface area contributed by atoms with E-state index in [1.807, 2.05) is 0 Å². The number of halogens is 1. The molecule has 2 rings (SSSR count). The van der Waals surface area contributed by atoms with Gasteiger partial charge in [-0.3, -0.25) is 4.79 Å². The Labute approximate surface area is 109 Å². The van der Waals surface area contributed by atoms with Crippen molar-refractivity contribution in [3.63, 3.8) is 0 Å². The maximum atomic E-state index is 11.9. The number of methoxy groups -OCH3 is 1. The highest BCUT2D eigenvalue weighted by Gasteiger charge is 2.29. The van der Waals surface area contributed by atoms with E-state index in [0.29, 0.717) is 28.7 Å². The highest BCUT2D eigenvalue weighted by Crippen LogP contribution is 2.36. The molecule has 1 N–H and O–H groups in total. The molecule has 1 aliphatic carbocycles. The predicted octanol–water partition coefficient (Wildman–Crippen LogP) is 1.99. The van der Waals surface area contributed by atoms with E-state index in [-0.39, 0.29) is 5.91 Å². The van der Waals surface area contributed by atoms with Crippen molar-refractivity contribution >= 4 is 21.8 Å². The number of nitrogens with zero attached hydrogens (tertiary/aromatic N) is 1. The highest BCUT2D eigenvalue weighted by molar-refractivity contribution is 9.09. The fraction of sp³-hybridized carbons (Fsp3) is 0.500. The molecule has 5 heteroatoms. The minimum atomic E-state index is -0.139. The molecule has 1 aliphatic rings. The summed E-state index contributed by atoms with van der Waals surface area (Å²) in [7, 11) is 1.51. The Morgan fingerprint density at radius 2 is 2.47 bits per heavy atom. The molecule has 0 saturated heterocycles. The van der Waals surface area contributed by atoms with E-state index in [2.05, 4.69) is 26.2 Å². The van der Waals surface area contributed by atoms with Crippen LogP contribution in [0.5, 0.6) is 5.88 Å². The first-order valence-electron chi connectivity index (χ1n) is 5.63. The van der Waals surface area contributed by atoms with E-state index in [4.69, 9.17) is 4.74 Å². The Kier molecular flexibility index (Phi) is 3.99. The van der Waals surface area contributed by atoms with E-state index in [1.165, 1.54) is 20.0 Å². The largest absolute Gasteiger partial charge is 0.480 e. The number of aromatic nitrogens is 1. The third-order valence-electron chi connectivity index (χ3n) is 2.80. The van der Waals surface area contributed by atoms with Gasteiger partial charge in [0.25, 0.3) is 5.91 Å². The minimum absolute atomic E-state index is 0.139. The first kappa shape index (κ1) is 12.4. The van der Waals surface area contributed by atoms with Crippen LogP contribution in [0.3, 0.4) is 0 Å². The van der Waals surface area contributed by atoms with E-state index < -0.39 is 0 Å². The summed E-state index contributed by atoms with van der Waals surface area (Å²) >= 11 is 3.58. The first-order valence-corrected chi connectivity index (χ1v) is 6.55. The third-order valence-corrected chi connectivity index (χ3v) is 3.87. The van der Waals surface area contributed by atoms with Crippen LogP contribution in [0.1, 0.15) is 23.2 Å². The number of rotatable bonds is 5. The van der Waals surface area contributed by atoms with Gasteiger partial charge < -0.3 is 10.1 Å². The second-order valence-corrected chi connectivity index (χ2v) is 5.30. The highest BCUT2D eigenvalue weighted by atomic mass is 79.9. The molecule has 0 radical (unpaired) electrons. The minimum Gasteiger partial charge on any atom is -0.480 e. The van der Waals surface area contributed by atoms with Crippen molar-refractivity contribution in [1.29, 1.82) is 0 Å². The van der Waals surface area contributed by atoms with Crippen LogP contribution in [0, 0.1) is 5.92 Å². The summed E-state index contributed by atoms with van der Waals surface area (Å²) in [5.41, 5.74) is 0.477. The molecule has 0 aliphatic heterocycles. The lowest BCUT2D eigenvalue weighted by molar-refractivity contribution is 0.0949. The van der Waals surface area contributed by atoms with E-state index in [1.54, 1.807) is 18.3 Å². The molecule has 1 aromatic heterocycles. The molecule has 0 bridgehead atoms. The molecule has 1 saturated carbocycles. The average Bonchev–Trinajstić information content (AvgIpc) is 3.19. The zero-order chi connectivity index (χ0) is 12.3. The Morgan fingerprint density at radius 3 is 3.12 bits per heavy atom. The standard InChI is InChI=1S/C12H15BrN2O2/c1-17-12-9(3-2-6-14-12)11(16)15-7-10(13)8-4-5-8/h2-3,6,8,10H,4-5,7H2,1H3,(H,15,16). The van der Waals surface area contributed by atoms with Crippen molar-refractivity contribution in [3.05, 3.63) is 23.9 Å². The Bertz CT molecular complexity index is 407. The third kappa shape index (κ3) is 3.19. The van der Waals surface area contributed by atoms with Crippen LogP contribution in [0.15, 0.2) is 18.3 Å². The van der Waals surface area contributed by atoms with E-state index in [0.717, 1.165) is 0 Å². The number of alkyl halides is 1. The molecule has 1 amide bonds. The zero-order valence-electron chi connectivity index (χ0n) is 9.65. The molecule has 1 atom stereocenters. The topological polar surface area (TPSA) is 51.2 Å². The normalized spacial score (nSPS) is 16.4. The lowest BCUT2D eigenvalue weighted by atomic mass is 10.2. The lowest BCUT2D eigenvalue weighted by Crippen LogP contribution is -2.30. The first-order chi connectivity index (χ1) is 8.22. The van der Waals surface area contributed by atoms with Gasteiger partial charge >= 0.3 is 0 Å².